The van der Waals surface area contributed by atoms with Crippen LogP contribution in [0.15, 0.2) is 0 Å². The van der Waals surface area contributed by atoms with E-state index in [1.807, 2.05) is 0 Å². The summed E-state index contributed by atoms with van der Waals surface area (Å²) in [5.41, 5.74) is 0. The molecule has 11 heavy (non-hydrogen) atoms. The van der Waals surface area contributed by atoms with Crippen molar-refractivity contribution >= 4 is 29.2 Å². The molecule has 0 N–H and O–H groups in total. The number of rotatable bonds is 5. The molecular formula is C7H15KOS2. The van der Waals surface area contributed by atoms with Gasteiger partial charge in [-0.15, -0.1) is 0 Å². The molecule has 4 heteroatoms. The zero-order valence-electron chi connectivity index (χ0n) is 8.30. The van der Waals surface area contributed by atoms with Gasteiger partial charge in [0.2, 0.25) is 4.38 Å². The molecule has 0 unspecified atom stereocenters. The molecule has 0 aromatic heterocycles. The zero-order chi connectivity index (χ0) is 7.82. The molecule has 1 nitrogen and oxygen atoms in total. The largest absolute Gasteiger partial charge is 1.00 e. The average molecular weight is 218 g/mol. The van der Waals surface area contributed by atoms with E-state index < -0.39 is 0 Å². The third-order valence-corrected chi connectivity index (χ3v) is 1.47. The van der Waals surface area contributed by atoms with Gasteiger partial charge in [0.05, 0.1) is 6.61 Å². The van der Waals surface area contributed by atoms with Crippen LogP contribution < -0.4 is 51.4 Å². The summed E-state index contributed by atoms with van der Waals surface area (Å²) in [7, 11) is 0. The van der Waals surface area contributed by atoms with Gasteiger partial charge >= 0.3 is 51.4 Å². The van der Waals surface area contributed by atoms with Crippen LogP contribution in [0.1, 0.15) is 34.0 Å². The monoisotopic (exact) mass is 218 g/mol. The molecule has 0 atom stereocenters. The van der Waals surface area contributed by atoms with Gasteiger partial charge in [-0.25, -0.2) is 0 Å². The van der Waals surface area contributed by atoms with Crippen LogP contribution in [0.3, 0.4) is 0 Å². The van der Waals surface area contributed by atoms with Gasteiger partial charge in [-0.2, -0.15) is 0 Å². The van der Waals surface area contributed by atoms with Gasteiger partial charge in [0, 0.05) is 0 Å². The molecule has 62 valence electrons. The molecule has 0 aromatic carbocycles. The van der Waals surface area contributed by atoms with E-state index in [4.69, 9.17) is 4.74 Å². The molecule has 0 bridgehead atoms. The van der Waals surface area contributed by atoms with E-state index in [0.29, 0.717) is 4.38 Å². The Bertz CT molecular complexity index is 103. The van der Waals surface area contributed by atoms with E-state index in [1.54, 1.807) is 0 Å². The van der Waals surface area contributed by atoms with Gasteiger partial charge in [-0.1, -0.05) is 38.8 Å². The molecule has 0 spiro atoms. The van der Waals surface area contributed by atoms with Gasteiger partial charge in [-0.3, -0.25) is 0 Å². The first-order valence-electron chi connectivity index (χ1n) is 3.63. The number of ether oxygens (including phenoxy) is 1. The topological polar surface area (TPSA) is 9.23 Å². The first kappa shape index (κ1) is 15.4. The molecule has 0 aliphatic rings. The summed E-state index contributed by atoms with van der Waals surface area (Å²) in [4.78, 5) is 0. The number of unbranched alkanes of at least 4 members (excludes halogenated alkanes) is 3. The van der Waals surface area contributed by atoms with Crippen LogP contribution in [0, 0.1) is 0 Å². The molecule has 0 aliphatic carbocycles. The van der Waals surface area contributed by atoms with Crippen molar-refractivity contribution in [1.29, 1.82) is 0 Å². The van der Waals surface area contributed by atoms with E-state index in [9.17, 15) is 0 Å². The number of hydrogen-bond acceptors (Lipinski definition) is 2. The van der Waals surface area contributed by atoms with Crippen LogP contribution in [0.2, 0.25) is 0 Å². The van der Waals surface area contributed by atoms with E-state index in [2.05, 4.69) is 31.8 Å². The Morgan fingerprint density at radius 3 is 2.55 bits per heavy atom. The second-order valence-corrected chi connectivity index (χ2v) is 3.25. The summed E-state index contributed by atoms with van der Waals surface area (Å²) in [5.74, 6) is 0. The van der Waals surface area contributed by atoms with Crippen molar-refractivity contribution < 1.29 is 57.5 Å². The fourth-order valence-electron chi connectivity index (χ4n) is 0.688. The summed E-state index contributed by atoms with van der Waals surface area (Å²) in [6.45, 7) is 2.91. The standard InChI is InChI=1S/C7H14OS2.K.H/c1-2-3-4-5-6-8-7(9)10;;/h2-6H2,1H3,(H,9,10);;/q;+1;-1. The Labute approximate surface area is 124 Å². The molecule has 0 aromatic rings. The van der Waals surface area contributed by atoms with Crippen LogP contribution in [-0.2, 0) is 4.74 Å². The van der Waals surface area contributed by atoms with Gasteiger partial charge < -0.3 is 6.16 Å². The molecule has 0 saturated heterocycles. The SMILES string of the molecule is CCCCCCOC(=S)S.[H-].[K+]. The first-order chi connectivity index (χ1) is 4.77. The Hall–Kier alpha value is 1.88. The molecule has 0 amide bonds. The van der Waals surface area contributed by atoms with E-state index >= 15 is 0 Å². The maximum Gasteiger partial charge on any atom is 1.00 e. The number of hydrogen-bond donors (Lipinski definition) is 1. The maximum atomic E-state index is 4.98. The van der Waals surface area contributed by atoms with Gasteiger partial charge in [0.1, 0.15) is 0 Å². The van der Waals surface area contributed by atoms with Crippen LogP contribution in [0.4, 0.5) is 0 Å². The van der Waals surface area contributed by atoms with Gasteiger partial charge in [-0.05, 0) is 18.6 Å². The summed E-state index contributed by atoms with van der Waals surface area (Å²) in [6.07, 6.45) is 4.86. The summed E-state index contributed by atoms with van der Waals surface area (Å²) < 4.78 is 5.34. The van der Waals surface area contributed by atoms with Crippen LogP contribution in [-0.4, -0.2) is 11.0 Å². The summed E-state index contributed by atoms with van der Waals surface area (Å²) >= 11 is 8.45. The minimum absolute atomic E-state index is 0. The zero-order valence-corrected chi connectivity index (χ0v) is 12.1. The first-order valence-corrected chi connectivity index (χ1v) is 4.48. The average Bonchev–Trinajstić information content (AvgIpc) is 1.87. The fraction of sp³-hybridized carbons (Fsp3) is 0.857. The Kier molecular flexibility index (Phi) is 16.6. The third-order valence-electron chi connectivity index (χ3n) is 1.22. The van der Waals surface area contributed by atoms with Crippen LogP contribution in [0.25, 0.3) is 0 Å². The number of thiol groups is 1. The van der Waals surface area contributed by atoms with Crippen molar-refractivity contribution in [2.75, 3.05) is 6.61 Å². The van der Waals surface area contributed by atoms with Crippen molar-refractivity contribution in [1.82, 2.24) is 0 Å². The van der Waals surface area contributed by atoms with Crippen molar-refractivity contribution in [2.24, 2.45) is 0 Å². The molecule has 0 rings (SSSR count). The predicted octanol–water partition coefficient (Wildman–Crippen LogP) is -0.0855. The van der Waals surface area contributed by atoms with Crippen LogP contribution >= 0.6 is 24.8 Å². The van der Waals surface area contributed by atoms with E-state index in [-0.39, 0.29) is 52.8 Å². The smallest absolute Gasteiger partial charge is 1.00 e. The second kappa shape index (κ2) is 11.9. The van der Waals surface area contributed by atoms with E-state index in [1.165, 1.54) is 19.3 Å². The van der Waals surface area contributed by atoms with Crippen molar-refractivity contribution in [3.63, 3.8) is 0 Å². The Morgan fingerprint density at radius 1 is 1.45 bits per heavy atom. The van der Waals surface area contributed by atoms with Gasteiger partial charge in [0.15, 0.2) is 0 Å². The number of thiocarbonyl (C=S) groups is 1. The van der Waals surface area contributed by atoms with Crippen molar-refractivity contribution in [3.05, 3.63) is 0 Å². The Morgan fingerprint density at radius 2 is 2.09 bits per heavy atom. The predicted molar refractivity (Wildman–Crippen MR) is 52.8 cm³/mol. The molecular weight excluding hydrogens is 203 g/mol. The summed E-state index contributed by atoms with van der Waals surface area (Å²) in [5, 5.41) is 0. The second-order valence-electron chi connectivity index (χ2n) is 2.18. The maximum absolute atomic E-state index is 4.98. The van der Waals surface area contributed by atoms with Crippen molar-refractivity contribution in [3.8, 4) is 0 Å². The molecule has 0 fully saturated rings. The fourth-order valence-corrected chi connectivity index (χ4v) is 0.863. The molecule has 0 aliphatic heterocycles. The normalized spacial score (nSPS) is 8.55. The molecule has 0 saturated carbocycles. The molecule has 0 heterocycles. The molecule has 0 radical (unpaired) electrons. The Balaban J connectivity index is -0.000000405. The third kappa shape index (κ3) is 14.7. The summed E-state index contributed by atoms with van der Waals surface area (Å²) in [6, 6.07) is 0. The quantitative estimate of drug-likeness (QED) is 0.299. The minimum atomic E-state index is 0. The van der Waals surface area contributed by atoms with Gasteiger partial charge in [0.25, 0.3) is 0 Å². The minimum Gasteiger partial charge on any atom is -1.00 e. The van der Waals surface area contributed by atoms with Crippen LogP contribution in [0.5, 0.6) is 0 Å². The van der Waals surface area contributed by atoms with E-state index in [0.717, 1.165) is 13.0 Å². The van der Waals surface area contributed by atoms with Crippen molar-refractivity contribution in [2.45, 2.75) is 32.6 Å².